The van der Waals surface area contributed by atoms with Crippen LogP contribution in [-0.2, 0) is 13.6 Å². The van der Waals surface area contributed by atoms with Gasteiger partial charge in [0.15, 0.2) is 0 Å². The Morgan fingerprint density at radius 2 is 2.46 bits per heavy atom. The van der Waals surface area contributed by atoms with Crippen molar-refractivity contribution < 1.29 is 0 Å². The highest BCUT2D eigenvalue weighted by Crippen LogP contribution is 2.21. The van der Waals surface area contributed by atoms with E-state index < -0.39 is 0 Å². The lowest BCUT2D eigenvalue weighted by Crippen LogP contribution is -2.46. The van der Waals surface area contributed by atoms with Crippen molar-refractivity contribution in [2.75, 3.05) is 6.54 Å². The molecule has 1 aromatic heterocycles. The second-order valence-corrected chi connectivity index (χ2v) is 3.67. The molecule has 0 radical (unpaired) electrons. The zero-order chi connectivity index (χ0) is 9.26. The molecule has 0 saturated carbocycles. The van der Waals surface area contributed by atoms with Gasteiger partial charge in [-0.25, -0.2) is 0 Å². The third-order valence-corrected chi connectivity index (χ3v) is 2.91. The van der Waals surface area contributed by atoms with Crippen molar-refractivity contribution in [2.24, 2.45) is 7.05 Å². The van der Waals surface area contributed by atoms with Crippen LogP contribution in [0, 0.1) is 0 Å². The molecule has 2 rings (SSSR count). The lowest BCUT2D eigenvalue weighted by atomic mass is 10.0. The molecule has 1 saturated heterocycles. The van der Waals surface area contributed by atoms with Crippen molar-refractivity contribution in [2.45, 2.75) is 32.4 Å². The average Bonchev–Trinajstić information content (AvgIpc) is 2.46. The number of aryl methyl sites for hydroxylation is 1. The van der Waals surface area contributed by atoms with Gasteiger partial charge in [-0.15, -0.1) is 5.10 Å². The Hall–Kier alpha value is -0.900. The van der Waals surface area contributed by atoms with E-state index in [-0.39, 0.29) is 0 Å². The molecule has 0 aliphatic carbocycles. The molecule has 1 atom stereocenters. The molecule has 1 unspecified atom stereocenters. The minimum atomic E-state index is 0.787. The fourth-order valence-corrected chi connectivity index (χ4v) is 1.83. The maximum Gasteiger partial charge on any atom is 0.0738 e. The lowest BCUT2D eigenvalue weighted by molar-refractivity contribution is 0.0763. The van der Waals surface area contributed by atoms with Crippen molar-refractivity contribution in [3.63, 3.8) is 0 Å². The average molecular weight is 180 g/mol. The molecule has 0 spiro atoms. The molecule has 72 valence electrons. The Kier molecular flexibility index (Phi) is 2.31. The molecule has 1 aliphatic rings. The van der Waals surface area contributed by atoms with Crippen LogP contribution in [0.2, 0.25) is 0 Å². The van der Waals surface area contributed by atoms with Gasteiger partial charge in [-0.2, -0.15) is 0 Å². The van der Waals surface area contributed by atoms with Gasteiger partial charge >= 0.3 is 0 Å². The summed E-state index contributed by atoms with van der Waals surface area (Å²) in [5, 5.41) is 7.79. The number of hydrogen-bond donors (Lipinski definition) is 0. The second kappa shape index (κ2) is 3.46. The summed E-state index contributed by atoms with van der Waals surface area (Å²) in [5.41, 5.74) is 1.21. The highest BCUT2D eigenvalue weighted by molar-refractivity contribution is 4.96. The quantitative estimate of drug-likeness (QED) is 0.690. The summed E-state index contributed by atoms with van der Waals surface area (Å²) in [6.45, 7) is 4.48. The summed E-state index contributed by atoms with van der Waals surface area (Å²) in [4.78, 5) is 2.48. The maximum absolute atomic E-state index is 3.92. The lowest BCUT2D eigenvalue weighted by Gasteiger charge is -2.40. The van der Waals surface area contributed by atoms with Crippen LogP contribution >= 0.6 is 0 Å². The third-order valence-electron chi connectivity index (χ3n) is 2.91. The van der Waals surface area contributed by atoms with E-state index in [9.17, 15) is 0 Å². The van der Waals surface area contributed by atoms with Crippen LogP contribution in [0.5, 0.6) is 0 Å². The predicted molar refractivity (Wildman–Crippen MR) is 50.1 cm³/mol. The van der Waals surface area contributed by atoms with Crippen molar-refractivity contribution in [3.05, 3.63) is 11.9 Å². The summed E-state index contributed by atoms with van der Waals surface area (Å²) in [7, 11) is 1.95. The largest absolute Gasteiger partial charge is 0.294 e. The second-order valence-electron chi connectivity index (χ2n) is 3.67. The Morgan fingerprint density at radius 1 is 1.62 bits per heavy atom. The molecular weight excluding hydrogens is 164 g/mol. The minimum Gasteiger partial charge on any atom is -0.294 e. The first-order valence-electron chi connectivity index (χ1n) is 4.89. The van der Waals surface area contributed by atoms with Gasteiger partial charge in [0.2, 0.25) is 0 Å². The molecule has 0 N–H and O–H groups in total. The first-order valence-corrected chi connectivity index (χ1v) is 4.89. The first-order chi connectivity index (χ1) is 6.31. The van der Waals surface area contributed by atoms with Gasteiger partial charge in [0.25, 0.3) is 0 Å². The standard InChI is InChI=1S/C9H16N4/c1-3-8-4-5-13(8)7-9-6-10-11-12(9)2/h6,8H,3-5,7H2,1-2H3. The minimum absolute atomic E-state index is 0.787. The molecule has 4 nitrogen and oxygen atoms in total. The van der Waals surface area contributed by atoms with Crippen LogP contribution in [0.4, 0.5) is 0 Å². The number of aromatic nitrogens is 3. The van der Waals surface area contributed by atoms with Crippen LogP contribution in [-0.4, -0.2) is 32.5 Å². The van der Waals surface area contributed by atoms with Crippen molar-refractivity contribution >= 4 is 0 Å². The van der Waals surface area contributed by atoms with E-state index in [4.69, 9.17) is 0 Å². The third kappa shape index (κ3) is 1.58. The summed E-state index contributed by atoms with van der Waals surface area (Å²) in [6.07, 6.45) is 4.46. The maximum atomic E-state index is 3.92. The Balaban J connectivity index is 1.95. The van der Waals surface area contributed by atoms with Gasteiger partial charge in [0.1, 0.15) is 0 Å². The topological polar surface area (TPSA) is 34.0 Å². The van der Waals surface area contributed by atoms with Crippen molar-refractivity contribution in [1.29, 1.82) is 0 Å². The first kappa shape index (κ1) is 8.69. The van der Waals surface area contributed by atoms with Gasteiger partial charge in [-0.3, -0.25) is 9.58 Å². The molecule has 0 aromatic carbocycles. The van der Waals surface area contributed by atoms with Gasteiger partial charge in [-0.05, 0) is 12.8 Å². The summed E-state index contributed by atoms with van der Waals surface area (Å²) >= 11 is 0. The van der Waals surface area contributed by atoms with Crippen LogP contribution in [0.15, 0.2) is 6.20 Å². The van der Waals surface area contributed by atoms with Crippen molar-refractivity contribution in [3.8, 4) is 0 Å². The Labute approximate surface area is 78.5 Å². The Morgan fingerprint density at radius 3 is 2.92 bits per heavy atom. The number of rotatable bonds is 3. The van der Waals surface area contributed by atoms with E-state index in [0.29, 0.717) is 0 Å². The van der Waals surface area contributed by atoms with E-state index in [0.717, 1.165) is 12.6 Å². The van der Waals surface area contributed by atoms with E-state index in [1.165, 1.54) is 25.1 Å². The van der Waals surface area contributed by atoms with Gasteiger partial charge < -0.3 is 0 Å². The molecule has 0 amide bonds. The number of hydrogen-bond acceptors (Lipinski definition) is 3. The molecule has 13 heavy (non-hydrogen) atoms. The van der Waals surface area contributed by atoms with Crippen LogP contribution in [0.25, 0.3) is 0 Å². The Bertz CT molecular complexity index is 279. The predicted octanol–water partition coefficient (Wildman–Crippen LogP) is 0.799. The molecule has 1 aliphatic heterocycles. The summed E-state index contributed by atoms with van der Waals surface area (Å²) in [5.74, 6) is 0. The van der Waals surface area contributed by atoms with Crippen LogP contribution < -0.4 is 0 Å². The highest BCUT2D eigenvalue weighted by Gasteiger charge is 2.26. The smallest absolute Gasteiger partial charge is 0.0738 e. The molecule has 4 heteroatoms. The molecule has 1 fully saturated rings. The fourth-order valence-electron chi connectivity index (χ4n) is 1.83. The van der Waals surface area contributed by atoms with Crippen LogP contribution in [0.1, 0.15) is 25.5 Å². The van der Waals surface area contributed by atoms with Crippen LogP contribution in [0.3, 0.4) is 0 Å². The molecule has 2 heterocycles. The van der Waals surface area contributed by atoms with E-state index >= 15 is 0 Å². The SMILES string of the molecule is CCC1CCN1Cc1cnnn1C. The van der Waals surface area contributed by atoms with E-state index in [1.54, 1.807) is 0 Å². The van der Waals surface area contributed by atoms with E-state index in [2.05, 4.69) is 22.1 Å². The zero-order valence-electron chi connectivity index (χ0n) is 8.27. The van der Waals surface area contributed by atoms with Gasteiger partial charge in [0.05, 0.1) is 11.9 Å². The summed E-state index contributed by atoms with van der Waals surface area (Å²) in [6, 6.07) is 0.787. The van der Waals surface area contributed by atoms with E-state index in [1.807, 2.05) is 17.9 Å². The number of nitrogens with zero attached hydrogens (tertiary/aromatic N) is 4. The number of likely N-dealkylation sites (tertiary alicyclic amines) is 1. The fraction of sp³-hybridized carbons (Fsp3) is 0.778. The van der Waals surface area contributed by atoms with Gasteiger partial charge in [0, 0.05) is 26.2 Å². The zero-order valence-corrected chi connectivity index (χ0v) is 8.27. The molecule has 0 bridgehead atoms. The monoisotopic (exact) mass is 180 g/mol. The highest BCUT2D eigenvalue weighted by atomic mass is 15.4. The normalized spacial score (nSPS) is 23.1. The van der Waals surface area contributed by atoms with Crippen molar-refractivity contribution in [1.82, 2.24) is 19.9 Å². The molecular formula is C9H16N4. The summed E-state index contributed by atoms with van der Waals surface area (Å²) < 4.78 is 1.85. The van der Waals surface area contributed by atoms with Gasteiger partial charge in [-0.1, -0.05) is 12.1 Å². The molecule has 1 aromatic rings.